The SMILES string of the molecule is CC(NS(=O)(=O)c1cnc[nH]1)C1CCNCC1. The summed E-state index contributed by atoms with van der Waals surface area (Å²) in [5.41, 5.74) is 0. The summed E-state index contributed by atoms with van der Waals surface area (Å²) in [4.78, 5) is 6.34. The maximum absolute atomic E-state index is 11.9. The van der Waals surface area contributed by atoms with Crippen LogP contribution in [0.25, 0.3) is 0 Å². The van der Waals surface area contributed by atoms with Gasteiger partial charge in [-0.3, -0.25) is 0 Å². The number of imidazole rings is 1. The number of aromatic amines is 1. The third-order valence-electron chi connectivity index (χ3n) is 3.19. The first kappa shape index (κ1) is 12.5. The van der Waals surface area contributed by atoms with E-state index >= 15 is 0 Å². The molecule has 1 aromatic rings. The first-order valence-corrected chi connectivity index (χ1v) is 7.29. The fourth-order valence-electron chi connectivity index (χ4n) is 2.14. The molecule has 0 bridgehead atoms. The minimum Gasteiger partial charge on any atom is -0.335 e. The van der Waals surface area contributed by atoms with Crippen LogP contribution in [0.3, 0.4) is 0 Å². The molecule has 0 spiro atoms. The van der Waals surface area contributed by atoms with Crippen molar-refractivity contribution in [1.82, 2.24) is 20.0 Å². The van der Waals surface area contributed by atoms with Crippen molar-refractivity contribution in [3.05, 3.63) is 12.5 Å². The van der Waals surface area contributed by atoms with Gasteiger partial charge in [-0.2, -0.15) is 0 Å². The van der Waals surface area contributed by atoms with Crippen LogP contribution in [0.1, 0.15) is 19.8 Å². The van der Waals surface area contributed by atoms with Crippen LogP contribution in [0, 0.1) is 5.92 Å². The number of rotatable bonds is 4. The van der Waals surface area contributed by atoms with E-state index in [1.165, 1.54) is 12.5 Å². The van der Waals surface area contributed by atoms with E-state index in [1.807, 2.05) is 6.92 Å². The van der Waals surface area contributed by atoms with Crippen LogP contribution in [0.15, 0.2) is 17.6 Å². The minimum absolute atomic E-state index is 0.0506. The topological polar surface area (TPSA) is 86.9 Å². The molecule has 0 aromatic carbocycles. The molecule has 1 atom stereocenters. The summed E-state index contributed by atoms with van der Waals surface area (Å²) in [6.45, 7) is 3.84. The molecule has 2 heterocycles. The number of hydrogen-bond donors (Lipinski definition) is 3. The van der Waals surface area contributed by atoms with E-state index in [9.17, 15) is 8.42 Å². The molecule has 1 fully saturated rings. The zero-order chi connectivity index (χ0) is 12.3. The van der Waals surface area contributed by atoms with E-state index < -0.39 is 10.0 Å². The first-order valence-electron chi connectivity index (χ1n) is 5.81. The van der Waals surface area contributed by atoms with Gasteiger partial charge >= 0.3 is 0 Å². The van der Waals surface area contributed by atoms with Crippen LogP contribution >= 0.6 is 0 Å². The Morgan fingerprint density at radius 2 is 2.18 bits per heavy atom. The van der Waals surface area contributed by atoms with Gasteiger partial charge < -0.3 is 10.3 Å². The summed E-state index contributed by atoms with van der Waals surface area (Å²) < 4.78 is 26.6. The van der Waals surface area contributed by atoms with E-state index in [2.05, 4.69) is 20.0 Å². The van der Waals surface area contributed by atoms with Gasteiger partial charge in [-0.1, -0.05) is 0 Å². The molecule has 0 aliphatic carbocycles. The Morgan fingerprint density at radius 3 is 2.76 bits per heavy atom. The average Bonchev–Trinajstić information content (AvgIpc) is 2.84. The van der Waals surface area contributed by atoms with Crippen LogP contribution in [-0.4, -0.2) is 37.5 Å². The lowest BCUT2D eigenvalue weighted by molar-refractivity contribution is 0.316. The van der Waals surface area contributed by atoms with E-state index in [1.54, 1.807) is 0 Å². The number of aromatic nitrogens is 2. The monoisotopic (exact) mass is 258 g/mol. The Kier molecular flexibility index (Phi) is 3.80. The molecule has 1 aliphatic heterocycles. The molecular weight excluding hydrogens is 240 g/mol. The second kappa shape index (κ2) is 5.16. The fourth-order valence-corrected chi connectivity index (χ4v) is 3.36. The number of nitrogens with zero attached hydrogens (tertiary/aromatic N) is 1. The lowest BCUT2D eigenvalue weighted by Gasteiger charge is -2.28. The molecule has 1 aliphatic rings. The van der Waals surface area contributed by atoms with Crippen LogP contribution < -0.4 is 10.0 Å². The summed E-state index contributed by atoms with van der Waals surface area (Å²) in [5, 5.41) is 3.39. The van der Waals surface area contributed by atoms with Gasteiger partial charge in [-0.15, -0.1) is 0 Å². The number of nitrogens with one attached hydrogen (secondary N) is 3. The molecule has 96 valence electrons. The van der Waals surface area contributed by atoms with Crippen LogP contribution in [0.2, 0.25) is 0 Å². The van der Waals surface area contributed by atoms with Gasteiger partial charge in [0.05, 0.1) is 12.5 Å². The van der Waals surface area contributed by atoms with Gasteiger partial charge in [0, 0.05) is 6.04 Å². The van der Waals surface area contributed by atoms with Crippen LogP contribution in [-0.2, 0) is 10.0 Å². The highest BCUT2D eigenvalue weighted by atomic mass is 32.2. The predicted molar refractivity (Wildman–Crippen MR) is 64.0 cm³/mol. The van der Waals surface area contributed by atoms with Crippen molar-refractivity contribution >= 4 is 10.0 Å². The standard InChI is InChI=1S/C10H18N4O2S/c1-8(9-2-4-11-5-3-9)14-17(15,16)10-6-12-7-13-10/h6-9,11,14H,2-5H2,1H3,(H,12,13). The summed E-state index contributed by atoms with van der Waals surface area (Å²) in [5.74, 6) is 0.397. The number of hydrogen-bond acceptors (Lipinski definition) is 4. The third kappa shape index (κ3) is 3.05. The van der Waals surface area contributed by atoms with Crippen LogP contribution in [0.4, 0.5) is 0 Å². The van der Waals surface area contributed by atoms with Gasteiger partial charge in [0.2, 0.25) is 0 Å². The zero-order valence-corrected chi connectivity index (χ0v) is 10.6. The Labute approximate surface area is 101 Å². The minimum atomic E-state index is -3.45. The normalized spacial score (nSPS) is 20.3. The summed E-state index contributed by atoms with van der Waals surface area (Å²) in [6, 6.07) is -0.0506. The van der Waals surface area contributed by atoms with Crippen molar-refractivity contribution < 1.29 is 8.42 Å². The zero-order valence-electron chi connectivity index (χ0n) is 9.81. The second-order valence-electron chi connectivity index (χ2n) is 4.41. The van der Waals surface area contributed by atoms with Gasteiger partial charge in [0.15, 0.2) is 5.03 Å². The number of piperidine rings is 1. The smallest absolute Gasteiger partial charge is 0.257 e. The fraction of sp³-hybridized carbons (Fsp3) is 0.700. The van der Waals surface area contributed by atoms with Crippen LogP contribution in [0.5, 0.6) is 0 Å². The van der Waals surface area contributed by atoms with E-state index in [-0.39, 0.29) is 11.1 Å². The van der Waals surface area contributed by atoms with Crippen molar-refractivity contribution in [3.8, 4) is 0 Å². The van der Waals surface area contributed by atoms with E-state index in [0.29, 0.717) is 5.92 Å². The van der Waals surface area contributed by atoms with E-state index in [4.69, 9.17) is 0 Å². The highest BCUT2D eigenvalue weighted by molar-refractivity contribution is 7.89. The van der Waals surface area contributed by atoms with Gasteiger partial charge in [-0.05, 0) is 38.8 Å². The summed E-state index contributed by atoms with van der Waals surface area (Å²) >= 11 is 0. The maximum Gasteiger partial charge on any atom is 0.257 e. The van der Waals surface area contributed by atoms with Crippen molar-refractivity contribution in [2.75, 3.05) is 13.1 Å². The van der Waals surface area contributed by atoms with Gasteiger partial charge in [0.25, 0.3) is 10.0 Å². The average molecular weight is 258 g/mol. The van der Waals surface area contributed by atoms with Crippen molar-refractivity contribution in [2.24, 2.45) is 5.92 Å². The Balaban J connectivity index is 2.00. The van der Waals surface area contributed by atoms with Crippen molar-refractivity contribution in [3.63, 3.8) is 0 Å². The molecule has 0 radical (unpaired) electrons. The van der Waals surface area contributed by atoms with E-state index in [0.717, 1.165) is 25.9 Å². The van der Waals surface area contributed by atoms with Crippen molar-refractivity contribution in [2.45, 2.75) is 30.8 Å². The molecule has 1 aromatic heterocycles. The predicted octanol–water partition coefficient (Wildman–Crippen LogP) is 0.0761. The highest BCUT2D eigenvalue weighted by Gasteiger charge is 2.25. The lowest BCUT2D eigenvalue weighted by atomic mass is 9.92. The van der Waals surface area contributed by atoms with Gasteiger partial charge in [0.1, 0.15) is 0 Å². The largest absolute Gasteiger partial charge is 0.335 e. The molecule has 3 N–H and O–H groups in total. The molecule has 0 amide bonds. The molecule has 7 heteroatoms. The molecule has 0 saturated carbocycles. The quantitative estimate of drug-likeness (QED) is 0.713. The molecule has 1 saturated heterocycles. The number of H-pyrrole nitrogens is 1. The molecule has 1 unspecified atom stereocenters. The van der Waals surface area contributed by atoms with Crippen molar-refractivity contribution in [1.29, 1.82) is 0 Å². The first-order chi connectivity index (χ1) is 8.09. The lowest BCUT2D eigenvalue weighted by Crippen LogP contribution is -2.42. The maximum atomic E-state index is 11.9. The molecule has 2 rings (SSSR count). The second-order valence-corrected chi connectivity index (χ2v) is 6.10. The molecule has 17 heavy (non-hydrogen) atoms. The Hall–Kier alpha value is -0.920. The van der Waals surface area contributed by atoms with Gasteiger partial charge in [-0.25, -0.2) is 18.1 Å². The molecule has 6 nitrogen and oxygen atoms in total. The third-order valence-corrected chi connectivity index (χ3v) is 4.68. The Bertz CT molecular complexity index is 437. The summed E-state index contributed by atoms with van der Waals surface area (Å²) in [7, 11) is -3.45. The Morgan fingerprint density at radius 1 is 1.47 bits per heavy atom. The highest BCUT2D eigenvalue weighted by Crippen LogP contribution is 2.17. The molecular formula is C10H18N4O2S. The number of sulfonamides is 1. The summed E-state index contributed by atoms with van der Waals surface area (Å²) in [6.07, 6.45) is 4.70.